The number of nitro groups is 1. The van der Waals surface area contributed by atoms with Gasteiger partial charge in [-0.25, -0.2) is 10.8 Å². The molecule has 0 bridgehead atoms. The van der Waals surface area contributed by atoms with Crippen molar-refractivity contribution in [2.24, 2.45) is 17.7 Å². The Kier molecular flexibility index (Phi) is 3.79. The fourth-order valence-corrected chi connectivity index (χ4v) is 2.06. The summed E-state index contributed by atoms with van der Waals surface area (Å²) in [4.78, 5) is 18.5. The van der Waals surface area contributed by atoms with Crippen molar-refractivity contribution in [3.63, 3.8) is 0 Å². The van der Waals surface area contributed by atoms with Crippen molar-refractivity contribution in [3.05, 3.63) is 15.8 Å². The minimum absolute atomic E-state index is 0.0954. The van der Waals surface area contributed by atoms with Gasteiger partial charge in [0.05, 0.1) is 4.92 Å². The highest BCUT2D eigenvalue weighted by Crippen LogP contribution is 2.37. The minimum Gasteiger partial charge on any atom is -0.364 e. The van der Waals surface area contributed by atoms with Crippen molar-refractivity contribution in [2.75, 3.05) is 17.3 Å². The average molecular weight is 266 g/mol. The molecule has 0 radical (unpaired) electrons. The second-order valence-electron chi connectivity index (χ2n) is 4.93. The Bertz CT molecular complexity index is 488. The van der Waals surface area contributed by atoms with E-state index in [0.29, 0.717) is 12.5 Å². The smallest absolute Gasteiger partial charge is 0.332 e. The number of hydrazine groups is 1. The van der Waals surface area contributed by atoms with E-state index < -0.39 is 4.92 Å². The van der Waals surface area contributed by atoms with Crippen molar-refractivity contribution >= 4 is 17.5 Å². The number of nitrogens with zero attached hydrogens (tertiary/aromatic N) is 3. The zero-order valence-electron chi connectivity index (χ0n) is 11.0. The van der Waals surface area contributed by atoms with Gasteiger partial charge in [0, 0.05) is 6.54 Å². The molecule has 0 spiro atoms. The van der Waals surface area contributed by atoms with Crippen molar-refractivity contribution in [2.45, 2.75) is 26.7 Å². The van der Waals surface area contributed by atoms with E-state index in [-0.39, 0.29) is 23.1 Å². The summed E-state index contributed by atoms with van der Waals surface area (Å²) in [6.45, 7) is 4.36. The molecule has 8 heteroatoms. The van der Waals surface area contributed by atoms with E-state index in [2.05, 4.69) is 27.6 Å². The van der Waals surface area contributed by atoms with Gasteiger partial charge in [-0.15, -0.1) is 0 Å². The van der Waals surface area contributed by atoms with Gasteiger partial charge in [-0.1, -0.05) is 6.92 Å². The Morgan fingerprint density at radius 2 is 2.21 bits per heavy atom. The summed E-state index contributed by atoms with van der Waals surface area (Å²) in [5.41, 5.74) is 2.50. The largest absolute Gasteiger partial charge is 0.364 e. The van der Waals surface area contributed by atoms with E-state index in [0.717, 1.165) is 5.92 Å². The van der Waals surface area contributed by atoms with E-state index in [9.17, 15) is 10.1 Å². The van der Waals surface area contributed by atoms with E-state index in [1.54, 1.807) is 6.92 Å². The van der Waals surface area contributed by atoms with Crippen LogP contribution >= 0.6 is 0 Å². The van der Waals surface area contributed by atoms with Gasteiger partial charge in [-0.2, -0.15) is 4.98 Å². The fraction of sp³-hybridized carbons (Fsp3) is 0.636. The number of hydrogen-bond donors (Lipinski definition) is 3. The monoisotopic (exact) mass is 266 g/mol. The van der Waals surface area contributed by atoms with Crippen LogP contribution in [0.25, 0.3) is 0 Å². The topological polar surface area (TPSA) is 119 Å². The lowest BCUT2D eigenvalue weighted by molar-refractivity contribution is -0.385. The van der Waals surface area contributed by atoms with Crippen LogP contribution in [-0.4, -0.2) is 21.4 Å². The van der Waals surface area contributed by atoms with Crippen LogP contribution in [0.4, 0.5) is 17.5 Å². The van der Waals surface area contributed by atoms with Crippen molar-refractivity contribution in [3.8, 4) is 0 Å². The molecule has 1 fully saturated rings. The molecule has 1 unspecified atom stereocenters. The SMILES string of the molecule is Cc1nc(NN)nc(NCC(C)C2CC2)c1[N+](=O)[O-]. The number of anilines is 2. The standard InChI is InChI=1S/C11H18N6O2/c1-6(8-3-4-8)5-13-10-9(17(18)19)7(2)14-11(15-10)16-12/h6,8H,3-5,12H2,1-2H3,(H2,13,14,15,16). The molecule has 1 aliphatic carbocycles. The van der Waals surface area contributed by atoms with Crippen molar-refractivity contribution in [1.29, 1.82) is 0 Å². The van der Waals surface area contributed by atoms with E-state index in [1.807, 2.05) is 0 Å². The Hall–Kier alpha value is -1.96. The third-order valence-corrected chi connectivity index (χ3v) is 3.39. The highest BCUT2D eigenvalue weighted by Gasteiger charge is 2.29. The van der Waals surface area contributed by atoms with Gasteiger partial charge in [0.2, 0.25) is 11.8 Å². The van der Waals surface area contributed by atoms with Gasteiger partial charge in [0.1, 0.15) is 5.69 Å². The molecule has 1 aliphatic rings. The van der Waals surface area contributed by atoms with Gasteiger partial charge in [-0.05, 0) is 31.6 Å². The molecule has 8 nitrogen and oxygen atoms in total. The van der Waals surface area contributed by atoms with Gasteiger partial charge in [-0.3, -0.25) is 15.5 Å². The summed E-state index contributed by atoms with van der Waals surface area (Å²) in [5, 5.41) is 14.1. The zero-order chi connectivity index (χ0) is 14.0. The van der Waals surface area contributed by atoms with Crippen LogP contribution in [0.5, 0.6) is 0 Å². The summed E-state index contributed by atoms with van der Waals surface area (Å²) in [6, 6.07) is 0. The molecule has 104 valence electrons. The molecule has 19 heavy (non-hydrogen) atoms. The van der Waals surface area contributed by atoms with Crippen LogP contribution in [-0.2, 0) is 0 Å². The lowest BCUT2D eigenvalue weighted by Crippen LogP contribution is -2.18. The zero-order valence-corrected chi connectivity index (χ0v) is 11.0. The first kappa shape index (κ1) is 13.5. The molecule has 1 heterocycles. The highest BCUT2D eigenvalue weighted by atomic mass is 16.6. The summed E-state index contributed by atoms with van der Waals surface area (Å²) in [5.74, 6) is 6.85. The third kappa shape index (κ3) is 3.08. The fourth-order valence-electron chi connectivity index (χ4n) is 2.06. The van der Waals surface area contributed by atoms with E-state index in [4.69, 9.17) is 5.84 Å². The van der Waals surface area contributed by atoms with Crippen LogP contribution in [0, 0.1) is 28.9 Å². The quantitative estimate of drug-likeness (QED) is 0.405. The van der Waals surface area contributed by atoms with Crippen LogP contribution in [0.15, 0.2) is 0 Å². The maximum Gasteiger partial charge on any atom is 0.332 e. The van der Waals surface area contributed by atoms with Crippen LogP contribution in [0.2, 0.25) is 0 Å². The van der Waals surface area contributed by atoms with Gasteiger partial charge < -0.3 is 5.32 Å². The summed E-state index contributed by atoms with van der Waals surface area (Å²) in [7, 11) is 0. The lowest BCUT2D eigenvalue weighted by atomic mass is 10.1. The van der Waals surface area contributed by atoms with Crippen molar-refractivity contribution < 1.29 is 4.92 Å². The number of rotatable bonds is 6. The maximum atomic E-state index is 11.1. The maximum absolute atomic E-state index is 11.1. The number of hydrogen-bond acceptors (Lipinski definition) is 7. The van der Waals surface area contributed by atoms with Gasteiger partial charge >= 0.3 is 5.69 Å². The number of nitrogens with two attached hydrogens (primary N) is 1. The third-order valence-electron chi connectivity index (χ3n) is 3.39. The molecule has 0 saturated heterocycles. The first-order valence-corrected chi connectivity index (χ1v) is 6.26. The number of aryl methyl sites for hydroxylation is 1. The van der Waals surface area contributed by atoms with Crippen LogP contribution < -0.4 is 16.6 Å². The second kappa shape index (κ2) is 5.35. The van der Waals surface area contributed by atoms with Gasteiger partial charge in [0.15, 0.2) is 0 Å². The molecule has 1 aromatic heterocycles. The molecule has 0 amide bonds. The Balaban J connectivity index is 2.19. The number of nitrogens with one attached hydrogen (secondary N) is 2. The van der Waals surface area contributed by atoms with Crippen LogP contribution in [0.3, 0.4) is 0 Å². The summed E-state index contributed by atoms with van der Waals surface area (Å²) in [6.07, 6.45) is 2.48. The highest BCUT2D eigenvalue weighted by molar-refractivity contribution is 5.60. The Morgan fingerprint density at radius 1 is 1.53 bits per heavy atom. The average Bonchev–Trinajstić information content (AvgIpc) is 3.18. The van der Waals surface area contributed by atoms with Crippen LogP contribution in [0.1, 0.15) is 25.5 Å². The number of nitrogen functional groups attached to an aromatic ring is 1. The number of aromatic nitrogens is 2. The first-order valence-electron chi connectivity index (χ1n) is 6.26. The summed E-state index contributed by atoms with van der Waals surface area (Å²) < 4.78 is 0. The Morgan fingerprint density at radius 3 is 2.74 bits per heavy atom. The predicted octanol–water partition coefficient (Wildman–Crippen LogP) is 1.44. The molecule has 1 saturated carbocycles. The molecule has 0 aromatic carbocycles. The molecule has 1 aromatic rings. The van der Waals surface area contributed by atoms with Gasteiger partial charge in [0.25, 0.3) is 0 Å². The molecular weight excluding hydrogens is 248 g/mol. The molecule has 4 N–H and O–H groups in total. The normalized spacial score (nSPS) is 15.9. The minimum atomic E-state index is -0.472. The second-order valence-corrected chi connectivity index (χ2v) is 4.93. The van der Waals surface area contributed by atoms with E-state index >= 15 is 0 Å². The van der Waals surface area contributed by atoms with Crippen molar-refractivity contribution in [1.82, 2.24) is 9.97 Å². The molecule has 1 atom stereocenters. The first-order chi connectivity index (χ1) is 9.02. The molecule has 0 aliphatic heterocycles. The predicted molar refractivity (Wildman–Crippen MR) is 71.6 cm³/mol. The Labute approximate surface area is 110 Å². The van der Waals surface area contributed by atoms with E-state index in [1.165, 1.54) is 12.8 Å². The summed E-state index contributed by atoms with van der Waals surface area (Å²) >= 11 is 0. The molecule has 2 rings (SSSR count). The lowest BCUT2D eigenvalue weighted by Gasteiger charge is -2.13. The molecular formula is C11H18N6O2.